The number of thiophene rings is 1. The molecule has 1 fully saturated rings. The summed E-state index contributed by atoms with van der Waals surface area (Å²) in [6.07, 6.45) is 5.74. The fourth-order valence-electron chi connectivity index (χ4n) is 3.61. The molecular weight excluding hydrogens is 372 g/mol. The van der Waals surface area contributed by atoms with E-state index in [4.69, 9.17) is 9.97 Å². The molecule has 1 aromatic carbocycles. The summed E-state index contributed by atoms with van der Waals surface area (Å²) in [5.74, 6) is 2.13. The van der Waals surface area contributed by atoms with Crippen LogP contribution >= 0.6 is 11.3 Å². The first-order valence-corrected chi connectivity index (χ1v) is 10.2. The minimum atomic E-state index is 0.0857. The average Bonchev–Trinajstić information content (AvgIpc) is 3.48. The highest BCUT2D eigenvalue weighted by molar-refractivity contribution is 7.16. The summed E-state index contributed by atoms with van der Waals surface area (Å²) in [5.41, 5.74) is 1.05. The Balaban J connectivity index is 1.49. The first-order valence-electron chi connectivity index (χ1n) is 9.31. The van der Waals surface area contributed by atoms with Crippen LogP contribution in [0.1, 0.15) is 12.8 Å². The van der Waals surface area contributed by atoms with Crippen LogP contribution in [0.2, 0.25) is 0 Å². The highest BCUT2D eigenvalue weighted by Gasteiger charge is 2.27. The fourth-order valence-corrected chi connectivity index (χ4v) is 4.37. The maximum absolute atomic E-state index is 9.66. The maximum Gasteiger partial charge on any atom is 0.229 e. The number of hydrogen-bond donors (Lipinski definition) is 2. The van der Waals surface area contributed by atoms with Gasteiger partial charge in [-0.25, -0.2) is 9.97 Å². The van der Waals surface area contributed by atoms with Gasteiger partial charge in [-0.05, 0) is 36.4 Å². The number of nitrogens with one attached hydrogen (secondary N) is 1. The molecule has 4 heterocycles. The normalized spacial score (nSPS) is 16.8. The van der Waals surface area contributed by atoms with Crippen molar-refractivity contribution in [3.63, 3.8) is 0 Å². The molecule has 1 saturated heterocycles. The Morgan fingerprint density at radius 3 is 2.93 bits per heavy atom. The minimum Gasteiger partial charge on any atom is -0.394 e. The lowest BCUT2D eigenvalue weighted by Gasteiger charge is -2.23. The van der Waals surface area contributed by atoms with Crippen molar-refractivity contribution in [1.82, 2.24) is 19.5 Å². The van der Waals surface area contributed by atoms with Crippen LogP contribution in [0, 0.1) is 0 Å². The SMILES string of the molecule is OC[C@@H]1CCCN1c1nc(Nc2cn(-c3ccccc3)cn2)c2ccsc2n1. The second-order valence-electron chi connectivity index (χ2n) is 6.81. The van der Waals surface area contributed by atoms with Gasteiger partial charge in [0.25, 0.3) is 0 Å². The van der Waals surface area contributed by atoms with Crippen molar-refractivity contribution < 1.29 is 5.11 Å². The van der Waals surface area contributed by atoms with E-state index in [1.807, 2.05) is 52.5 Å². The molecule has 1 aliphatic rings. The third-order valence-electron chi connectivity index (χ3n) is 5.04. The smallest absolute Gasteiger partial charge is 0.229 e. The quantitative estimate of drug-likeness (QED) is 0.540. The van der Waals surface area contributed by atoms with Gasteiger partial charge >= 0.3 is 0 Å². The molecule has 4 aromatic rings. The Morgan fingerprint density at radius 2 is 2.07 bits per heavy atom. The molecule has 0 bridgehead atoms. The van der Waals surface area contributed by atoms with Gasteiger partial charge in [-0.1, -0.05) is 18.2 Å². The van der Waals surface area contributed by atoms with Crippen LogP contribution in [0.15, 0.2) is 54.3 Å². The van der Waals surface area contributed by atoms with Crippen molar-refractivity contribution in [2.24, 2.45) is 0 Å². The van der Waals surface area contributed by atoms with Crippen molar-refractivity contribution in [3.05, 3.63) is 54.3 Å². The van der Waals surface area contributed by atoms with Gasteiger partial charge in [0.15, 0.2) is 0 Å². The molecule has 0 radical (unpaired) electrons. The molecule has 3 aromatic heterocycles. The molecule has 0 saturated carbocycles. The lowest BCUT2D eigenvalue weighted by Crippen LogP contribution is -2.33. The Labute approximate surface area is 166 Å². The summed E-state index contributed by atoms with van der Waals surface area (Å²) in [5, 5.41) is 16.0. The minimum absolute atomic E-state index is 0.0857. The monoisotopic (exact) mass is 392 g/mol. The topological polar surface area (TPSA) is 79.1 Å². The van der Waals surface area contributed by atoms with E-state index in [0.29, 0.717) is 5.95 Å². The molecule has 28 heavy (non-hydrogen) atoms. The number of fused-ring (bicyclic) bond motifs is 1. The Morgan fingerprint density at radius 1 is 1.18 bits per heavy atom. The molecule has 142 valence electrons. The van der Waals surface area contributed by atoms with E-state index in [1.165, 1.54) is 0 Å². The number of benzene rings is 1. The van der Waals surface area contributed by atoms with Crippen molar-refractivity contribution in [2.75, 3.05) is 23.4 Å². The number of hydrogen-bond acceptors (Lipinski definition) is 7. The van der Waals surface area contributed by atoms with Crippen LogP contribution in [0.25, 0.3) is 15.9 Å². The number of aliphatic hydroxyl groups is 1. The zero-order valence-corrected chi connectivity index (χ0v) is 16.0. The third-order valence-corrected chi connectivity index (χ3v) is 5.85. The number of anilines is 3. The molecule has 8 heteroatoms. The Kier molecular flexibility index (Phi) is 4.42. The van der Waals surface area contributed by atoms with Crippen molar-refractivity contribution in [2.45, 2.75) is 18.9 Å². The van der Waals surface area contributed by atoms with Crippen LogP contribution in [0.4, 0.5) is 17.6 Å². The van der Waals surface area contributed by atoms with Crippen LogP contribution in [-0.4, -0.2) is 43.8 Å². The molecule has 1 atom stereocenters. The molecule has 2 N–H and O–H groups in total. The second-order valence-corrected chi connectivity index (χ2v) is 7.70. The summed E-state index contributed by atoms with van der Waals surface area (Å²) < 4.78 is 1.97. The Hall–Kier alpha value is -2.97. The van der Waals surface area contributed by atoms with Gasteiger partial charge in [0.05, 0.1) is 24.2 Å². The van der Waals surface area contributed by atoms with Gasteiger partial charge < -0.3 is 19.9 Å². The predicted molar refractivity (Wildman–Crippen MR) is 112 cm³/mol. The van der Waals surface area contributed by atoms with Gasteiger partial charge in [0.2, 0.25) is 5.95 Å². The fraction of sp³-hybridized carbons (Fsp3) is 0.250. The highest BCUT2D eigenvalue weighted by atomic mass is 32.1. The first-order chi connectivity index (χ1) is 13.8. The molecule has 0 aliphatic carbocycles. The lowest BCUT2D eigenvalue weighted by molar-refractivity contribution is 0.265. The number of imidazole rings is 1. The molecular formula is C20H20N6OS. The molecule has 0 amide bonds. The van der Waals surface area contributed by atoms with Crippen molar-refractivity contribution in [1.29, 1.82) is 0 Å². The largest absolute Gasteiger partial charge is 0.394 e. The summed E-state index contributed by atoms with van der Waals surface area (Å²) >= 11 is 1.59. The number of aliphatic hydroxyl groups excluding tert-OH is 1. The van der Waals surface area contributed by atoms with E-state index in [1.54, 1.807) is 17.7 Å². The first kappa shape index (κ1) is 17.2. The van der Waals surface area contributed by atoms with Crippen molar-refractivity contribution in [3.8, 4) is 5.69 Å². The average molecular weight is 392 g/mol. The van der Waals surface area contributed by atoms with E-state index < -0.39 is 0 Å². The standard InChI is InChI=1S/C20H20N6OS/c27-12-15-7-4-9-26(15)20-23-18(16-8-10-28-19(16)24-20)22-17-11-25(13-21-17)14-5-2-1-3-6-14/h1-3,5-6,8,10-11,13,15,27H,4,7,9,12H2,(H,22,23,24)/t15-/m0/s1. The van der Waals surface area contributed by atoms with E-state index in [0.717, 1.165) is 46.9 Å². The van der Waals surface area contributed by atoms with E-state index >= 15 is 0 Å². The highest BCUT2D eigenvalue weighted by Crippen LogP contribution is 2.31. The number of rotatable bonds is 5. The van der Waals surface area contributed by atoms with Gasteiger partial charge in [0.1, 0.15) is 22.8 Å². The molecule has 0 spiro atoms. The van der Waals surface area contributed by atoms with Gasteiger partial charge in [-0.3, -0.25) is 0 Å². The molecule has 7 nitrogen and oxygen atoms in total. The zero-order valence-electron chi connectivity index (χ0n) is 15.2. The van der Waals surface area contributed by atoms with Crippen LogP contribution in [-0.2, 0) is 0 Å². The molecule has 5 rings (SSSR count). The summed E-state index contributed by atoms with van der Waals surface area (Å²) in [4.78, 5) is 17.0. The van der Waals surface area contributed by atoms with Crippen LogP contribution in [0.5, 0.6) is 0 Å². The summed E-state index contributed by atoms with van der Waals surface area (Å²) in [7, 11) is 0. The summed E-state index contributed by atoms with van der Waals surface area (Å²) in [6.45, 7) is 0.986. The number of nitrogens with zero attached hydrogens (tertiary/aromatic N) is 5. The van der Waals surface area contributed by atoms with Gasteiger partial charge in [-0.15, -0.1) is 11.3 Å². The molecule has 1 aliphatic heterocycles. The Bertz CT molecular complexity index is 1090. The third kappa shape index (κ3) is 3.10. The van der Waals surface area contributed by atoms with Gasteiger partial charge in [-0.2, -0.15) is 4.98 Å². The van der Waals surface area contributed by atoms with Crippen molar-refractivity contribution >= 4 is 39.1 Å². The van der Waals surface area contributed by atoms with Crippen LogP contribution < -0.4 is 10.2 Å². The van der Waals surface area contributed by atoms with E-state index in [9.17, 15) is 5.11 Å². The summed E-state index contributed by atoms with van der Waals surface area (Å²) in [6, 6.07) is 12.2. The van der Waals surface area contributed by atoms with E-state index in [-0.39, 0.29) is 12.6 Å². The second kappa shape index (κ2) is 7.21. The van der Waals surface area contributed by atoms with Crippen LogP contribution in [0.3, 0.4) is 0 Å². The number of aromatic nitrogens is 4. The molecule has 0 unspecified atom stereocenters. The van der Waals surface area contributed by atoms with Gasteiger partial charge in [0, 0.05) is 12.2 Å². The maximum atomic E-state index is 9.66. The lowest BCUT2D eigenvalue weighted by atomic mass is 10.2. The van der Waals surface area contributed by atoms with E-state index in [2.05, 4.69) is 15.2 Å². The zero-order chi connectivity index (χ0) is 18.9. The predicted octanol–water partition coefficient (Wildman–Crippen LogP) is 3.58. The number of para-hydroxylation sites is 1.